The predicted molar refractivity (Wildman–Crippen MR) is 96.2 cm³/mol. The van der Waals surface area contributed by atoms with Gasteiger partial charge < -0.3 is 10.1 Å². The molecule has 0 saturated heterocycles. The van der Waals surface area contributed by atoms with Gasteiger partial charge in [-0.15, -0.1) is 15.3 Å². The summed E-state index contributed by atoms with van der Waals surface area (Å²) in [5, 5.41) is 18.6. The fraction of sp³-hybridized carbons (Fsp3) is 0.529. The van der Waals surface area contributed by atoms with E-state index >= 15 is 0 Å². The lowest BCUT2D eigenvalue weighted by molar-refractivity contribution is -0.146. The van der Waals surface area contributed by atoms with E-state index in [-0.39, 0.29) is 5.65 Å². The molecule has 0 saturated carbocycles. The number of halogens is 3. The third-order valence-corrected chi connectivity index (χ3v) is 4.82. The molecule has 0 aliphatic rings. The maximum absolute atomic E-state index is 13.2. The van der Waals surface area contributed by atoms with Crippen molar-refractivity contribution in [2.75, 3.05) is 19.0 Å². The number of ether oxygens (including phenoxy) is 1. The molecule has 152 valence electrons. The molecule has 0 amide bonds. The summed E-state index contributed by atoms with van der Waals surface area (Å²) in [5.41, 5.74) is 4.18. The van der Waals surface area contributed by atoms with Crippen molar-refractivity contribution in [1.29, 1.82) is 0 Å². The number of hydrogen-bond donors (Lipinski definition) is 1. The van der Waals surface area contributed by atoms with Crippen LogP contribution >= 0.6 is 0 Å². The molecule has 3 aromatic heterocycles. The van der Waals surface area contributed by atoms with Crippen LogP contribution in [0.3, 0.4) is 0 Å². The van der Waals surface area contributed by atoms with E-state index in [4.69, 9.17) is 4.74 Å². The van der Waals surface area contributed by atoms with Gasteiger partial charge in [-0.25, -0.2) is 0 Å². The van der Waals surface area contributed by atoms with Gasteiger partial charge in [0.15, 0.2) is 11.5 Å². The Morgan fingerprint density at radius 1 is 1.04 bits per heavy atom. The number of anilines is 1. The lowest BCUT2D eigenvalue weighted by Crippen LogP contribution is -2.15. The van der Waals surface area contributed by atoms with Crippen molar-refractivity contribution in [3.05, 3.63) is 33.9 Å². The molecule has 0 unspecified atom stereocenters. The predicted octanol–water partition coefficient (Wildman–Crippen LogP) is 2.83. The Kier molecular flexibility index (Phi) is 5.28. The van der Waals surface area contributed by atoms with Gasteiger partial charge in [-0.05, 0) is 33.3 Å². The van der Waals surface area contributed by atoms with Crippen molar-refractivity contribution in [3.8, 4) is 0 Å². The normalized spacial score (nSPS) is 12.1. The summed E-state index contributed by atoms with van der Waals surface area (Å²) in [4.78, 5) is 0. The van der Waals surface area contributed by atoms with Crippen LogP contribution in [0.4, 0.5) is 19.0 Å². The van der Waals surface area contributed by atoms with Crippen molar-refractivity contribution in [2.45, 2.75) is 47.0 Å². The highest BCUT2D eigenvalue weighted by molar-refractivity contribution is 5.58. The molecule has 0 spiro atoms. The highest BCUT2D eigenvalue weighted by Gasteiger charge is 2.38. The number of nitrogens with one attached hydrogen (secondary N) is 1. The molecular weight excluding hydrogens is 375 g/mol. The van der Waals surface area contributed by atoms with Crippen LogP contribution < -0.4 is 5.32 Å². The van der Waals surface area contributed by atoms with Crippen LogP contribution in [0, 0.1) is 27.7 Å². The number of hydrogen-bond acceptors (Lipinski definition) is 6. The standard InChI is InChI=1S/C17H22F3N7O/c1-9-10(2)15-22-23-16(17(18,19)20)27(15)25-14(9)21-8-13-11(3)24-26(12(13)4)6-7-28-5/h6-8H2,1-5H3,(H,21,25). The maximum Gasteiger partial charge on any atom is 0.453 e. The van der Waals surface area contributed by atoms with E-state index < -0.39 is 12.0 Å². The zero-order chi connectivity index (χ0) is 20.6. The molecule has 0 aliphatic carbocycles. The van der Waals surface area contributed by atoms with Gasteiger partial charge >= 0.3 is 6.18 Å². The number of aromatic nitrogens is 6. The molecule has 0 radical (unpaired) electrons. The Labute approximate surface area is 159 Å². The van der Waals surface area contributed by atoms with Crippen molar-refractivity contribution < 1.29 is 17.9 Å². The zero-order valence-corrected chi connectivity index (χ0v) is 16.3. The molecule has 11 heteroatoms. The molecule has 1 N–H and O–H groups in total. The molecule has 0 aromatic carbocycles. The highest BCUT2D eigenvalue weighted by atomic mass is 19.4. The highest BCUT2D eigenvalue weighted by Crippen LogP contribution is 2.30. The van der Waals surface area contributed by atoms with Crippen LogP contribution in [0.15, 0.2) is 0 Å². The van der Waals surface area contributed by atoms with E-state index in [9.17, 15) is 13.2 Å². The molecule has 28 heavy (non-hydrogen) atoms. The van der Waals surface area contributed by atoms with Crippen molar-refractivity contribution in [3.63, 3.8) is 0 Å². The van der Waals surface area contributed by atoms with E-state index in [2.05, 4.69) is 25.7 Å². The molecule has 3 aromatic rings. The SMILES string of the molecule is COCCn1nc(C)c(CNc2nn3c(C(F)(F)F)nnc3c(C)c2C)c1C. The maximum atomic E-state index is 13.2. The van der Waals surface area contributed by atoms with Crippen LogP contribution in [0.5, 0.6) is 0 Å². The van der Waals surface area contributed by atoms with E-state index in [1.807, 2.05) is 18.5 Å². The monoisotopic (exact) mass is 397 g/mol. The van der Waals surface area contributed by atoms with Crippen molar-refractivity contribution in [2.24, 2.45) is 0 Å². The Morgan fingerprint density at radius 2 is 1.75 bits per heavy atom. The summed E-state index contributed by atoms with van der Waals surface area (Å²) in [5.74, 6) is -0.799. The van der Waals surface area contributed by atoms with Gasteiger partial charge in [0.25, 0.3) is 5.82 Å². The minimum atomic E-state index is -4.64. The Morgan fingerprint density at radius 3 is 2.39 bits per heavy atom. The average molecular weight is 397 g/mol. The second-order valence-corrected chi connectivity index (χ2v) is 6.57. The number of fused-ring (bicyclic) bond motifs is 1. The van der Waals surface area contributed by atoms with Crippen LogP contribution in [-0.2, 0) is 24.0 Å². The van der Waals surface area contributed by atoms with Gasteiger partial charge in [0.05, 0.1) is 18.8 Å². The van der Waals surface area contributed by atoms with Crippen LogP contribution in [0.25, 0.3) is 5.65 Å². The summed E-state index contributed by atoms with van der Waals surface area (Å²) in [7, 11) is 1.63. The van der Waals surface area contributed by atoms with Crippen LogP contribution in [0.1, 0.15) is 33.9 Å². The van der Waals surface area contributed by atoms with Crippen LogP contribution in [0.2, 0.25) is 0 Å². The first-order valence-corrected chi connectivity index (χ1v) is 8.70. The van der Waals surface area contributed by atoms with Gasteiger partial charge in [0, 0.05) is 30.5 Å². The van der Waals surface area contributed by atoms with Gasteiger partial charge in [-0.1, -0.05) is 0 Å². The van der Waals surface area contributed by atoms with Gasteiger partial charge in [0.1, 0.15) is 0 Å². The number of alkyl halides is 3. The summed E-state index contributed by atoms with van der Waals surface area (Å²) < 4.78 is 47.2. The van der Waals surface area contributed by atoms with Gasteiger partial charge in [-0.2, -0.15) is 22.8 Å². The number of methoxy groups -OCH3 is 1. The van der Waals surface area contributed by atoms with Crippen molar-refractivity contribution >= 4 is 11.5 Å². The fourth-order valence-electron chi connectivity index (χ4n) is 3.03. The van der Waals surface area contributed by atoms with Gasteiger partial charge in [0.2, 0.25) is 0 Å². The minimum absolute atomic E-state index is 0.0927. The third-order valence-electron chi connectivity index (χ3n) is 4.82. The first-order valence-electron chi connectivity index (χ1n) is 8.70. The summed E-state index contributed by atoms with van der Waals surface area (Å²) in [6, 6.07) is 0. The summed E-state index contributed by atoms with van der Waals surface area (Å²) >= 11 is 0. The number of rotatable bonds is 6. The molecule has 8 nitrogen and oxygen atoms in total. The number of aryl methyl sites for hydroxylation is 2. The smallest absolute Gasteiger partial charge is 0.383 e. The molecule has 3 rings (SSSR count). The van der Waals surface area contributed by atoms with E-state index in [0.717, 1.165) is 27.0 Å². The van der Waals surface area contributed by atoms with Crippen LogP contribution in [-0.4, -0.2) is 43.3 Å². The third kappa shape index (κ3) is 3.53. The average Bonchev–Trinajstić information content (AvgIpc) is 3.17. The van der Waals surface area contributed by atoms with E-state index in [0.29, 0.717) is 31.1 Å². The largest absolute Gasteiger partial charge is 0.453 e. The Bertz CT molecular complexity index is 1010. The molecule has 0 aliphatic heterocycles. The Balaban J connectivity index is 1.93. The van der Waals surface area contributed by atoms with Gasteiger partial charge in [-0.3, -0.25) is 4.68 Å². The molecule has 0 fully saturated rings. The Hall–Kier alpha value is -2.69. The van der Waals surface area contributed by atoms with Crippen molar-refractivity contribution in [1.82, 2.24) is 29.6 Å². The lowest BCUT2D eigenvalue weighted by atomic mass is 10.1. The zero-order valence-electron chi connectivity index (χ0n) is 16.3. The first kappa shape index (κ1) is 20.1. The second-order valence-electron chi connectivity index (χ2n) is 6.57. The topological polar surface area (TPSA) is 82.2 Å². The fourth-order valence-corrected chi connectivity index (χ4v) is 3.03. The summed E-state index contributed by atoms with van der Waals surface area (Å²) in [6.45, 7) is 8.87. The molecule has 3 heterocycles. The minimum Gasteiger partial charge on any atom is -0.383 e. The molecule has 0 atom stereocenters. The number of nitrogens with zero attached hydrogens (tertiary/aromatic N) is 6. The van der Waals surface area contributed by atoms with E-state index in [1.54, 1.807) is 21.0 Å². The quantitative estimate of drug-likeness (QED) is 0.689. The lowest BCUT2D eigenvalue weighted by Gasteiger charge is -2.13. The van der Waals surface area contributed by atoms with E-state index in [1.165, 1.54) is 0 Å². The first-order chi connectivity index (χ1) is 13.1. The second kappa shape index (κ2) is 7.38. The molecular formula is C17H22F3N7O. The summed E-state index contributed by atoms with van der Waals surface area (Å²) in [6.07, 6.45) is -4.64. The molecule has 0 bridgehead atoms.